The molecule has 24 nitrogen and oxygen atoms in total. The summed E-state index contributed by atoms with van der Waals surface area (Å²) in [5.74, 6) is 4.49. The smallest absolute Gasteiger partial charge is 0.309 e. The number of anilines is 4. The topological polar surface area (TPSA) is 264 Å². The monoisotopic (exact) mass is 1920 g/mol. The number of ether oxygens (including phenoxy) is 1. The van der Waals surface area contributed by atoms with E-state index in [-0.39, 0.29) is 73.4 Å². The van der Waals surface area contributed by atoms with Gasteiger partial charge in [0.1, 0.15) is 46.1 Å². The zero-order chi connectivity index (χ0) is 100. The molecule has 143 heavy (non-hydrogen) atoms. The molecule has 3 saturated carbocycles. The van der Waals surface area contributed by atoms with E-state index in [1.807, 2.05) is 134 Å². The number of hydrogen-bond donors (Lipinski definition) is 0. The minimum atomic E-state index is -2.97. The van der Waals surface area contributed by atoms with Gasteiger partial charge in [-0.1, -0.05) is 233 Å². The van der Waals surface area contributed by atoms with Crippen molar-refractivity contribution < 1.29 is 41.9 Å². The summed E-state index contributed by atoms with van der Waals surface area (Å²) in [6, 6.07) is 58.7. The highest BCUT2D eigenvalue weighted by atomic mass is 19.3. The average Bonchev–Trinajstić information content (AvgIpc) is 1.63. The number of hydrogen-bond acceptors (Lipinski definition) is 17. The minimum absolute atomic E-state index is 0.0309. The number of amides is 4. The molecule has 736 valence electrons. The third-order valence-corrected chi connectivity index (χ3v) is 28.5. The van der Waals surface area contributed by atoms with Gasteiger partial charge in [-0.2, -0.15) is 19.0 Å². The van der Waals surface area contributed by atoms with Crippen molar-refractivity contribution >= 4 is 52.9 Å². The Kier molecular flexibility index (Phi) is 29.0. The second-order valence-electron chi connectivity index (χ2n) is 41.4. The number of benzene rings is 7. The molecular formula is C116H125F3N18O6. The van der Waals surface area contributed by atoms with Crippen molar-refractivity contribution in [1.82, 2.24) is 69.0 Å². The van der Waals surface area contributed by atoms with E-state index in [2.05, 4.69) is 189 Å². The van der Waals surface area contributed by atoms with Gasteiger partial charge in [-0.15, -0.1) is 0 Å². The van der Waals surface area contributed by atoms with Crippen LogP contribution in [0.4, 0.5) is 36.4 Å². The molecule has 7 aliphatic rings. The summed E-state index contributed by atoms with van der Waals surface area (Å²) in [5, 5.41) is 9.46. The van der Waals surface area contributed by atoms with Gasteiger partial charge in [0.05, 0.1) is 87.2 Å². The van der Waals surface area contributed by atoms with Crippen LogP contribution in [0.25, 0.3) is 68.3 Å². The van der Waals surface area contributed by atoms with Crippen molar-refractivity contribution in [3.05, 3.63) is 304 Å². The summed E-state index contributed by atoms with van der Waals surface area (Å²) >= 11 is 0. The van der Waals surface area contributed by atoms with Crippen molar-refractivity contribution in [3.63, 3.8) is 0 Å². The zero-order valence-corrected chi connectivity index (χ0v) is 83.9. The molecule has 27 heteroatoms. The lowest BCUT2D eigenvalue weighted by molar-refractivity contribution is -0.162. The van der Waals surface area contributed by atoms with Gasteiger partial charge in [0.25, 0.3) is 5.92 Å². The second kappa shape index (κ2) is 42.0. The number of halogens is 3. The Balaban J connectivity index is 0.000000126. The maximum absolute atomic E-state index is 15.9. The van der Waals surface area contributed by atoms with Crippen LogP contribution in [0.2, 0.25) is 0 Å². The second-order valence-corrected chi connectivity index (χ2v) is 41.4. The molecule has 3 fully saturated rings. The molecule has 0 saturated heterocycles. The minimum Gasteiger partial charge on any atom is -0.460 e. The largest absolute Gasteiger partial charge is 0.460 e. The number of imidazole rings is 1. The van der Waals surface area contributed by atoms with E-state index in [1.54, 1.807) is 34.1 Å². The number of aromatic nitrogens is 14. The molecule has 0 unspecified atom stereocenters. The molecule has 0 bridgehead atoms. The summed E-state index contributed by atoms with van der Waals surface area (Å²) in [7, 11) is 1.58. The Morgan fingerprint density at radius 3 is 1.17 bits per heavy atom. The van der Waals surface area contributed by atoms with Crippen molar-refractivity contribution in [2.75, 3.05) is 26.1 Å². The van der Waals surface area contributed by atoms with Gasteiger partial charge in [-0.25, -0.2) is 58.6 Å². The predicted molar refractivity (Wildman–Crippen MR) is 551 cm³/mol. The van der Waals surface area contributed by atoms with Crippen LogP contribution in [0.15, 0.2) is 225 Å². The van der Waals surface area contributed by atoms with E-state index >= 15 is 4.39 Å². The van der Waals surface area contributed by atoms with Crippen LogP contribution in [-0.4, -0.2) is 116 Å². The first-order valence-corrected chi connectivity index (χ1v) is 50.4. The van der Waals surface area contributed by atoms with E-state index in [0.717, 1.165) is 108 Å². The highest BCUT2D eigenvalue weighted by Gasteiger charge is 2.45. The molecule has 11 heterocycles. The van der Waals surface area contributed by atoms with E-state index in [4.69, 9.17) is 29.8 Å². The molecule has 7 aromatic heterocycles. The van der Waals surface area contributed by atoms with Crippen molar-refractivity contribution in [3.8, 4) is 68.3 Å². The fraction of sp³-hybridized carbons (Fsp3) is 0.379. The zero-order valence-electron chi connectivity index (χ0n) is 83.9. The van der Waals surface area contributed by atoms with Gasteiger partial charge in [-0.05, 0) is 177 Å². The quantitative estimate of drug-likeness (QED) is 0.0539. The van der Waals surface area contributed by atoms with Crippen molar-refractivity contribution in [2.24, 2.45) is 13.0 Å². The lowest BCUT2D eigenvalue weighted by Crippen LogP contribution is -2.45. The normalized spacial score (nSPS) is 16.9. The Morgan fingerprint density at radius 2 is 0.790 bits per heavy atom. The first kappa shape index (κ1) is 98.8. The number of carbonyl (C=O) groups excluding carboxylic acids is 5. The molecule has 0 N–H and O–H groups in total. The molecule has 4 aliphatic heterocycles. The molecule has 4 amide bonds. The van der Waals surface area contributed by atoms with Crippen LogP contribution in [0, 0.1) is 5.92 Å². The molecule has 21 rings (SSSR count). The Morgan fingerprint density at radius 1 is 0.427 bits per heavy atom. The van der Waals surface area contributed by atoms with Gasteiger partial charge in [0.2, 0.25) is 23.6 Å². The van der Waals surface area contributed by atoms with Gasteiger partial charge in [0.15, 0.2) is 23.3 Å². The van der Waals surface area contributed by atoms with Crippen molar-refractivity contribution in [1.29, 1.82) is 0 Å². The number of rotatable bonds is 23. The van der Waals surface area contributed by atoms with E-state index in [9.17, 15) is 32.8 Å². The fourth-order valence-electron chi connectivity index (χ4n) is 20.7. The Labute approximate surface area is 834 Å². The van der Waals surface area contributed by atoms with Crippen LogP contribution in [-0.2, 0) is 87.0 Å². The molecule has 7 aromatic carbocycles. The number of carbonyl (C=O) groups is 5. The first-order chi connectivity index (χ1) is 68.7. The first-order valence-electron chi connectivity index (χ1n) is 50.4. The van der Waals surface area contributed by atoms with Gasteiger partial charge >= 0.3 is 5.97 Å². The summed E-state index contributed by atoms with van der Waals surface area (Å²) in [5.41, 5.74) is 18.0. The highest BCUT2D eigenvalue weighted by molar-refractivity contribution is 6.03. The van der Waals surface area contributed by atoms with Crippen LogP contribution < -0.4 is 19.6 Å². The Hall–Kier alpha value is -14.4. The third kappa shape index (κ3) is 22.1. The lowest BCUT2D eigenvalue weighted by atomic mass is 9.79. The molecule has 0 atom stereocenters. The van der Waals surface area contributed by atoms with Crippen LogP contribution in [0.1, 0.15) is 280 Å². The van der Waals surface area contributed by atoms with Crippen LogP contribution in [0.5, 0.6) is 0 Å². The summed E-state index contributed by atoms with van der Waals surface area (Å²) in [4.78, 5) is 113. The number of fused-ring (bicyclic) bond motifs is 4. The molecule has 3 aliphatic carbocycles. The molecule has 0 spiro atoms. The molecule has 14 aromatic rings. The van der Waals surface area contributed by atoms with Crippen LogP contribution in [0.3, 0.4) is 0 Å². The van der Waals surface area contributed by atoms with E-state index < -0.39 is 17.2 Å². The summed E-state index contributed by atoms with van der Waals surface area (Å²) < 4.78 is 54.2. The molecule has 0 radical (unpaired) electrons. The SMILES string of the molecule is CC(C)c1ccccc1-c1ncc2c(n1)N(CC1(F)CCC(C(=O)OC(C)(C)C)CC1)C(=O)C2.CC(C)c1ccccc1-c1ncc2c(n1)N(Cc1ccc(-c3ncc(C(C)(F)F)n3C)cc1)C(=O)C2.CC(C)c1ccccc1-c1ncc2c(n1)N(Cc1ccc(-n3cc(C4CCCCC4)cn3)cc1)C(=O)C2.CC(C)c1ccccc1-c1ncc2c(n1)N(Cc1ccc(-n3ccc(C4CCCC4)n3)cc1)C(=O)C2. The number of esters is 1. The molecular weight excluding hydrogens is 1800 g/mol. The predicted octanol–water partition coefficient (Wildman–Crippen LogP) is 24.1. The number of nitrogens with zero attached hydrogens (tertiary/aromatic N) is 18. The van der Waals surface area contributed by atoms with Crippen molar-refractivity contribution in [2.45, 2.75) is 265 Å². The third-order valence-electron chi connectivity index (χ3n) is 28.5. The highest BCUT2D eigenvalue weighted by Crippen LogP contribution is 2.45. The summed E-state index contributed by atoms with van der Waals surface area (Å²) in [6.07, 6.45) is 28.6. The standard InChI is InChI=1S/C31H33N5O.C30H31N5O.C28H27F2N5O.C27H34FN3O3/c1-21(2)27-10-6-7-11-28(27)30-32-17-24-16-29(37)35(31(24)34-30)19-22-12-14-26(15-13-22)36-20-25(18-33-36)23-8-4-3-5-9-23;1-20(2)25-9-5-6-10-26(25)29-31-18-23-17-28(36)34(30(23)32-29)19-21-11-13-24(14-12-21)35-16-15-27(33-35)22-7-3-4-8-22;1-17(2)21-7-5-6-8-22(21)25-31-14-20-13-24(36)35(27(20)33-25)16-18-9-11-19(12-10-18)26-32-15-23(34(26)4)28(3,29)30;1-17(2)20-8-6-7-9-21(20)23-29-15-19-14-22(32)31(24(19)30-23)16-27(28)12-10-18(11-13-27)25(33)34-26(3,4)5/h6-7,10-15,17-18,20-21,23H,3-5,8-9,16,19H2,1-2H3;5-6,9-16,18,20,22H,3-4,7-8,17,19H2,1-2H3;5-12,14-15,17H,13,16H2,1-4H3;6-9,15,17-18H,10-14,16H2,1-5H3. The van der Waals surface area contributed by atoms with E-state index in [0.29, 0.717) is 122 Å². The maximum atomic E-state index is 15.9. The maximum Gasteiger partial charge on any atom is 0.309 e. The van der Waals surface area contributed by atoms with Gasteiger partial charge < -0.3 is 9.30 Å². The van der Waals surface area contributed by atoms with Gasteiger partial charge in [0, 0.05) is 107 Å². The van der Waals surface area contributed by atoms with Gasteiger partial charge in [-0.3, -0.25) is 43.6 Å². The Bertz CT molecular complexity index is 6990. The average molecular weight is 1920 g/mol. The lowest BCUT2D eigenvalue weighted by Gasteiger charge is -2.36. The number of alkyl halides is 3. The van der Waals surface area contributed by atoms with Crippen LogP contribution >= 0.6 is 0 Å². The van der Waals surface area contributed by atoms with E-state index in [1.165, 1.54) is 95.8 Å². The fourth-order valence-corrected chi connectivity index (χ4v) is 20.7. The summed E-state index contributed by atoms with van der Waals surface area (Å²) in [6.45, 7) is 24.8.